The van der Waals surface area contributed by atoms with Gasteiger partial charge in [-0.05, 0) is 41.8 Å². The van der Waals surface area contributed by atoms with Gasteiger partial charge in [-0.25, -0.2) is 8.42 Å². The second-order valence-electron chi connectivity index (χ2n) is 6.52. The summed E-state index contributed by atoms with van der Waals surface area (Å²) in [6, 6.07) is 13.1. The first-order chi connectivity index (χ1) is 15.6. The highest BCUT2D eigenvalue weighted by Gasteiger charge is 2.30. The minimum Gasteiger partial charge on any atom is -0.376 e. The van der Waals surface area contributed by atoms with Crippen LogP contribution in [0.15, 0.2) is 70.3 Å². The fourth-order valence-electron chi connectivity index (χ4n) is 2.61. The van der Waals surface area contributed by atoms with Crippen LogP contribution < -0.4 is 20.9 Å². The Morgan fingerprint density at radius 2 is 1.70 bits per heavy atom. The number of rotatable bonds is 7. The first-order valence-electron chi connectivity index (χ1n) is 9.22. The highest BCUT2D eigenvalue weighted by molar-refractivity contribution is 7.94. The Balaban J connectivity index is 1.59. The topological polar surface area (TPSA) is 116 Å². The summed E-state index contributed by atoms with van der Waals surface area (Å²) in [5.41, 5.74) is 3.40. The van der Waals surface area contributed by atoms with Gasteiger partial charge in [0.2, 0.25) is 0 Å². The summed E-state index contributed by atoms with van der Waals surface area (Å²) in [6.07, 6.45) is -4.52. The predicted octanol–water partition coefficient (Wildman–Crippen LogP) is 3.44. The van der Waals surface area contributed by atoms with Crippen LogP contribution in [0.2, 0.25) is 0 Å². The summed E-state index contributed by atoms with van der Waals surface area (Å²) in [4.78, 5) is 24.5. The molecule has 2 amide bonds. The number of hydrogen-bond donors (Lipinski definition) is 4. The van der Waals surface area contributed by atoms with E-state index < -0.39 is 40.1 Å². The lowest BCUT2D eigenvalue weighted by Gasteiger charge is -2.13. The van der Waals surface area contributed by atoms with Crippen LogP contribution in [-0.2, 0) is 21.0 Å². The lowest BCUT2D eigenvalue weighted by molar-refractivity contribution is -0.137. The first kappa shape index (κ1) is 24.1. The number of para-hydroxylation sites is 1. The molecule has 3 aromatic rings. The Morgan fingerprint density at radius 3 is 2.39 bits per heavy atom. The van der Waals surface area contributed by atoms with Crippen molar-refractivity contribution < 1.29 is 31.2 Å². The van der Waals surface area contributed by atoms with Crippen molar-refractivity contribution in [3.63, 3.8) is 0 Å². The largest absolute Gasteiger partial charge is 0.416 e. The first-order valence-corrected chi connectivity index (χ1v) is 11.6. The lowest BCUT2D eigenvalue weighted by atomic mass is 10.2. The van der Waals surface area contributed by atoms with E-state index in [2.05, 4.69) is 20.9 Å². The highest BCUT2D eigenvalue weighted by Crippen LogP contribution is 2.30. The second-order valence-corrected chi connectivity index (χ2v) is 9.37. The molecule has 1 aromatic heterocycles. The van der Waals surface area contributed by atoms with Crippen molar-refractivity contribution in [1.29, 1.82) is 0 Å². The third-order valence-electron chi connectivity index (χ3n) is 4.13. The van der Waals surface area contributed by atoms with E-state index in [-0.39, 0.29) is 21.1 Å². The Kier molecular flexibility index (Phi) is 7.23. The smallest absolute Gasteiger partial charge is 0.376 e. The number of alkyl halides is 3. The minimum absolute atomic E-state index is 0.000241. The Morgan fingerprint density at radius 1 is 0.939 bits per heavy atom. The highest BCUT2D eigenvalue weighted by atomic mass is 32.2. The van der Waals surface area contributed by atoms with E-state index in [9.17, 15) is 31.2 Å². The summed E-state index contributed by atoms with van der Waals surface area (Å²) in [6.45, 7) is -0.422. The van der Waals surface area contributed by atoms with Gasteiger partial charge in [0.15, 0.2) is 0 Å². The van der Waals surface area contributed by atoms with E-state index in [0.717, 1.165) is 23.5 Å². The minimum atomic E-state index is -4.52. The van der Waals surface area contributed by atoms with Gasteiger partial charge in [0.1, 0.15) is 4.21 Å². The van der Waals surface area contributed by atoms with Gasteiger partial charge < -0.3 is 5.32 Å². The van der Waals surface area contributed by atoms with Crippen LogP contribution in [0.25, 0.3) is 0 Å². The third-order valence-corrected chi connectivity index (χ3v) is 6.90. The molecule has 0 saturated heterocycles. The Labute approximate surface area is 190 Å². The standard InChI is InChI=1S/C20H17F3N4O4S2/c21-20(22,23)13-5-3-6-14(11-13)24-12-17(28)25-26-19(29)15-7-1-2-8-16(15)27-33(30,31)18-9-4-10-32-18/h1-11,24,27H,12H2,(H,25,28)(H,26,29). The molecule has 3 rings (SSSR count). The molecule has 0 fully saturated rings. The van der Waals surface area contributed by atoms with Gasteiger partial charge in [0, 0.05) is 5.69 Å². The van der Waals surface area contributed by atoms with E-state index in [1.807, 2.05) is 0 Å². The number of carbonyl (C=O) groups is 2. The van der Waals surface area contributed by atoms with Crippen LogP contribution in [-0.4, -0.2) is 26.8 Å². The number of hydrazine groups is 1. The van der Waals surface area contributed by atoms with Gasteiger partial charge in [-0.1, -0.05) is 24.3 Å². The SMILES string of the molecule is O=C(CNc1cccc(C(F)(F)F)c1)NNC(=O)c1ccccc1NS(=O)(=O)c1cccs1. The Bertz CT molecular complexity index is 1250. The number of sulfonamides is 1. The lowest BCUT2D eigenvalue weighted by Crippen LogP contribution is -2.44. The van der Waals surface area contributed by atoms with Crippen LogP contribution in [0.5, 0.6) is 0 Å². The van der Waals surface area contributed by atoms with Crippen molar-refractivity contribution in [3.8, 4) is 0 Å². The van der Waals surface area contributed by atoms with Crippen molar-refractivity contribution in [1.82, 2.24) is 10.9 Å². The van der Waals surface area contributed by atoms with Crippen molar-refractivity contribution in [2.45, 2.75) is 10.4 Å². The van der Waals surface area contributed by atoms with E-state index in [0.29, 0.717) is 0 Å². The molecule has 1 heterocycles. The summed E-state index contributed by atoms with van der Waals surface area (Å²) in [7, 11) is -3.90. The second kappa shape index (κ2) is 9.92. The van der Waals surface area contributed by atoms with Crippen LogP contribution in [0.3, 0.4) is 0 Å². The third kappa shape index (κ3) is 6.46. The number of hydrogen-bond acceptors (Lipinski definition) is 6. The van der Waals surface area contributed by atoms with Crippen LogP contribution in [0.1, 0.15) is 15.9 Å². The number of anilines is 2. The van der Waals surface area contributed by atoms with Crippen molar-refractivity contribution in [3.05, 3.63) is 77.2 Å². The molecule has 0 radical (unpaired) electrons. The molecule has 0 spiro atoms. The molecule has 174 valence electrons. The summed E-state index contributed by atoms with van der Waals surface area (Å²) in [5.74, 6) is -1.54. The molecule has 0 aliphatic carbocycles. The molecule has 0 unspecified atom stereocenters. The molecule has 8 nitrogen and oxygen atoms in total. The Hall–Kier alpha value is -3.58. The average Bonchev–Trinajstić information content (AvgIpc) is 3.32. The van der Waals surface area contributed by atoms with Crippen LogP contribution in [0, 0.1) is 0 Å². The zero-order valence-electron chi connectivity index (χ0n) is 16.6. The van der Waals surface area contributed by atoms with E-state index in [1.165, 1.54) is 42.5 Å². The van der Waals surface area contributed by atoms with Gasteiger partial charge in [-0.2, -0.15) is 13.2 Å². The maximum Gasteiger partial charge on any atom is 0.416 e. The van der Waals surface area contributed by atoms with Crippen LogP contribution in [0.4, 0.5) is 24.5 Å². The van der Waals surface area contributed by atoms with Gasteiger partial charge in [-0.3, -0.25) is 25.2 Å². The molecule has 0 saturated carbocycles. The quantitative estimate of drug-likeness (QED) is 0.373. The summed E-state index contributed by atoms with van der Waals surface area (Å²) >= 11 is 1.01. The molecule has 0 aliphatic rings. The zero-order valence-corrected chi connectivity index (χ0v) is 18.3. The molecule has 0 bridgehead atoms. The average molecular weight is 499 g/mol. The predicted molar refractivity (Wildman–Crippen MR) is 117 cm³/mol. The fraction of sp³-hybridized carbons (Fsp3) is 0.100. The van der Waals surface area contributed by atoms with Crippen LogP contribution >= 0.6 is 11.3 Å². The molecule has 2 aromatic carbocycles. The van der Waals surface area contributed by atoms with Crippen molar-refractivity contribution in [2.24, 2.45) is 0 Å². The van der Waals surface area contributed by atoms with E-state index in [4.69, 9.17) is 0 Å². The molecule has 4 N–H and O–H groups in total. The monoisotopic (exact) mass is 498 g/mol. The van der Waals surface area contributed by atoms with Crippen molar-refractivity contribution >= 4 is 44.5 Å². The molecular weight excluding hydrogens is 481 g/mol. The fourth-order valence-corrected chi connectivity index (χ4v) is 4.68. The number of nitrogens with one attached hydrogen (secondary N) is 4. The number of halogens is 3. The zero-order chi connectivity index (χ0) is 24.1. The van der Waals surface area contributed by atoms with Crippen molar-refractivity contribution in [2.75, 3.05) is 16.6 Å². The number of thiophene rings is 1. The maximum absolute atomic E-state index is 12.8. The normalized spacial score (nSPS) is 11.5. The number of carbonyl (C=O) groups excluding carboxylic acids is 2. The van der Waals surface area contributed by atoms with Gasteiger partial charge in [0.25, 0.3) is 21.8 Å². The van der Waals surface area contributed by atoms with Gasteiger partial charge >= 0.3 is 6.18 Å². The molecule has 0 aliphatic heterocycles. The number of amides is 2. The summed E-state index contributed by atoms with van der Waals surface area (Å²) < 4.78 is 65.5. The van der Waals surface area contributed by atoms with Gasteiger partial charge in [-0.15, -0.1) is 11.3 Å². The van der Waals surface area contributed by atoms with Gasteiger partial charge in [0.05, 0.1) is 23.4 Å². The molecule has 0 atom stereocenters. The molecule has 13 heteroatoms. The van der Waals surface area contributed by atoms with E-state index >= 15 is 0 Å². The summed E-state index contributed by atoms with van der Waals surface area (Å²) in [5, 5.41) is 4.12. The molecular formula is C20H17F3N4O4S2. The van der Waals surface area contributed by atoms with E-state index in [1.54, 1.807) is 11.4 Å². The maximum atomic E-state index is 12.8. The molecule has 33 heavy (non-hydrogen) atoms. The number of benzene rings is 2.